The lowest BCUT2D eigenvalue weighted by Gasteiger charge is -2.21. The van der Waals surface area contributed by atoms with Crippen LogP contribution in [0.2, 0.25) is 0 Å². The highest BCUT2D eigenvalue weighted by molar-refractivity contribution is 5.80. The van der Waals surface area contributed by atoms with Crippen molar-refractivity contribution in [3.05, 3.63) is 33.9 Å². The van der Waals surface area contributed by atoms with E-state index >= 15 is 0 Å². The van der Waals surface area contributed by atoms with Gasteiger partial charge in [-0.1, -0.05) is 6.07 Å². The molecule has 0 fully saturated rings. The van der Waals surface area contributed by atoms with Crippen molar-refractivity contribution in [3.8, 4) is 5.75 Å². The van der Waals surface area contributed by atoms with Crippen molar-refractivity contribution in [3.63, 3.8) is 0 Å². The molecule has 1 atom stereocenters. The van der Waals surface area contributed by atoms with E-state index in [1.807, 2.05) is 0 Å². The first kappa shape index (κ1) is 14.9. The topological polar surface area (TPSA) is 105 Å². The second-order valence-electron chi connectivity index (χ2n) is 4.43. The SMILES string of the molecule is COC(=O)C(C)(N)COc1cc(C)ccc1[N+](=O)[O-]. The Labute approximate surface area is 110 Å². The monoisotopic (exact) mass is 268 g/mol. The summed E-state index contributed by atoms with van der Waals surface area (Å²) in [6.07, 6.45) is 0. The minimum absolute atomic E-state index is 0.0746. The van der Waals surface area contributed by atoms with E-state index in [9.17, 15) is 14.9 Å². The molecule has 0 aliphatic carbocycles. The van der Waals surface area contributed by atoms with Crippen molar-refractivity contribution in [2.75, 3.05) is 13.7 Å². The second kappa shape index (κ2) is 5.66. The molecule has 0 amide bonds. The maximum absolute atomic E-state index is 11.4. The Morgan fingerprint density at radius 2 is 2.16 bits per heavy atom. The van der Waals surface area contributed by atoms with Crippen LogP contribution < -0.4 is 10.5 Å². The number of hydrogen-bond donors (Lipinski definition) is 1. The number of methoxy groups -OCH3 is 1. The quantitative estimate of drug-likeness (QED) is 0.488. The fourth-order valence-electron chi connectivity index (χ4n) is 1.41. The molecule has 0 aliphatic rings. The maximum atomic E-state index is 11.4. The number of ether oxygens (including phenoxy) is 2. The Balaban J connectivity index is 2.91. The Morgan fingerprint density at radius 1 is 1.53 bits per heavy atom. The van der Waals surface area contributed by atoms with Crippen molar-refractivity contribution in [2.45, 2.75) is 19.4 Å². The molecule has 0 heterocycles. The molecule has 19 heavy (non-hydrogen) atoms. The summed E-state index contributed by atoms with van der Waals surface area (Å²) in [6, 6.07) is 4.47. The lowest BCUT2D eigenvalue weighted by Crippen LogP contribution is -2.50. The van der Waals surface area contributed by atoms with Gasteiger partial charge in [0.2, 0.25) is 0 Å². The van der Waals surface area contributed by atoms with E-state index in [0.29, 0.717) is 0 Å². The lowest BCUT2D eigenvalue weighted by molar-refractivity contribution is -0.385. The summed E-state index contributed by atoms with van der Waals surface area (Å²) in [5, 5.41) is 10.9. The number of hydrogen-bond acceptors (Lipinski definition) is 6. The molecule has 1 rings (SSSR count). The molecule has 7 nitrogen and oxygen atoms in total. The van der Waals surface area contributed by atoms with Gasteiger partial charge in [-0.15, -0.1) is 0 Å². The molecule has 7 heteroatoms. The Morgan fingerprint density at radius 3 is 2.68 bits per heavy atom. The van der Waals surface area contributed by atoms with Gasteiger partial charge in [0.05, 0.1) is 12.0 Å². The minimum atomic E-state index is -1.37. The number of rotatable bonds is 5. The third-order valence-electron chi connectivity index (χ3n) is 2.49. The predicted octanol–water partition coefficient (Wildman–Crippen LogP) is 1.17. The first-order chi connectivity index (χ1) is 8.77. The van der Waals surface area contributed by atoms with Crippen molar-refractivity contribution >= 4 is 11.7 Å². The molecule has 1 aromatic carbocycles. The van der Waals surface area contributed by atoms with E-state index in [0.717, 1.165) is 5.56 Å². The van der Waals surface area contributed by atoms with Gasteiger partial charge in [-0.3, -0.25) is 10.1 Å². The minimum Gasteiger partial charge on any atom is -0.484 e. The number of esters is 1. The number of nitrogens with zero attached hydrogens (tertiary/aromatic N) is 1. The van der Waals surface area contributed by atoms with Gasteiger partial charge in [0.25, 0.3) is 0 Å². The predicted molar refractivity (Wildman–Crippen MR) is 67.9 cm³/mol. The van der Waals surface area contributed by atoms with Crippen molar-refractivity contribution < 1.29 is 19.2 Å². The highest BCUT2D eigenvalue weighted by Crippen LogP contribution is 2.28. The average molecular weight is 268 g/mol. The third kappa shape index (κ3) is 3.65. The van der Waals surface area contributed by atoms with Gasteiger partial charge in [0.1, 0.15) is 12.1 Å². The van der Waals surface area contributed by atoms with Crippen LogP contribution in [0.5, 0.6) is 5.75 Å². The molecule has 104 valence electrons. The molecule has 0 bridgehead atoms. The normalized spacial score (nSPS) is 13.5. The van der Waals surface area contributed by atoms with Gasteiger partial charge < -0.3 is 15.2 Å². The number of nitro groups is 1. The lowest BCUT2D eigenvalue weighted by atomic mass is 10.1. The van der Waals surface area contributed by atoms with Gasteiger partial charge in [0.15, 0.2) is 5.75 Å². The van der Waals surface area contributed by atoms with E-state index in [2.05, 4.69) is 4.74 Å². The highest BCUT2D eigenvalue weighted by atomic mass is 16.6. The van der Waals surface area contributed by atoms with Gasteiger partial charge in [-0.25, -0.2) is 4.79 Å². The second-order valence-corrected chi connectivity index (χ2v) is 4.43. The van der Waals surface area contributed by atoms with Gasteiger partial charge in [0, 0.05) is 6.07 Å². The first-order valence-corrected chi connectivity index (χ1v) is 5.53. The Hall–Kier alpha value is -2.15. The van der Waals surface area contributed by atoms with Gasteiger partial charge in [-0.2, -0.15) is 0 Å². The summed E-state index contributed by atoms with van der Waals surface area (Å²) < 4.78 is 9.83. The first-order valence-electron chi connectivity index (χ1n) is 5.53. The molecule has 0 radical (unpaired) electrons. The number of carbonyl (C=O) groups excluding carboxylic acids is 1. The zero-order valence-corrected chi connectivity index (χ0v) is 11.0. The van der Waals surface area contributed by atoms with Crippen LogP contribution in [0.15, 0.2) is 18.2 Å². The number of nitro benzene ring substituents is 1. The number of carbonyl (C=O) groups is 1. The van der Waals surface area contributed by atoms with E-state index in [1.165, 1.54) is 26.2 Å². The smallest absolute Gasteiger partial charge is 0.329 e. The van der Waals surface area contributed by atoms with Crippen LogP contribution in [-0.2, 0) is 9.53 Å². The van der Waals surface area contributed by atoms with Crippen LogP contribution in [-0.4, -0.2) is 30.1 Å². The third-order valence-corrected chi connectivity index (χ3v) is 2.49. The summed E-state index contributed by atoms with van der Waals surface area (Å²) in [6.45, 7) is 2.99. The largest absolute Gasteiger partial charge is 0.484 e. The van der Waals surface area contributed by atoms with E-state index in [4.69, 9.17) is 10.5 Å². The Bertz CT molecular complexity index is 499. The zero-order valence-electron chi connectivity index (χ0n) is 11.0. The standard InChI is InChI=1S/C12H16N2O5/c1-8-4-5-9(14(16)17)10(6-8)19-7-12(2,13)11(15)18-3/h4-6H,7,13H2,1-3H3. The zero-order chi connectivity index (χ0) is 14.6. The molecule has 1 aromatic rings. The highest BCUT2D eigenvalue weighted by Gasteiger charge is 2.31. The molecule has 0 saturated carbocycles. The van der Waals surface area contributed by atoms with Crippen LogP contribution in [0.1, 0.15) is 12.5 Å². The molecule has 0 aromatic heterocycles. The Kier molecular flexibility index (Phi) is 4.44. The van der Waals surface area contributed by atoms with E-state index < -0.39 is 16.4 Å². The fraction of sp³-hybridized carbons (Fsp3) is 0.417. The number of nitrogens with two attached hydrogens (primary N) is 1. The summed E-state index contributed by atoms with van der Waals surface area (Å²) in [5.41, 5.74) is 4.97. The van der Waals surface area contributed by atoms with Gasteiger partial charge >= 0.3 is 11.7 Å². The van der Waals surface area contributed by atoms with Crippen molar-refractivity contribution in [2.24, 2.45) is 5.73 Å². The molecule has 0 spiro atoms. The van der Waals surface area contributed by atoms with E-state index in [1.54, 1.807) is 13.0 Å². The molecular formula is C12H16N2O5. The summed E-state index contributed by atoms with van der Waals surface area (Å²) in [4.78, 5) is 21.7. The van der Waals surface area contributed by atoms with Crippen molar-refractivity contribution in [1.29, 1.82) is 0 Å². The fourth-order valence-corrected chi connectivity index (χ4v) is 1.41. The molecular weight excluding hydrogens is 252 g/mol. The number of aryl methyl sites for hydroxylation is 1. The molecule has 0 aliphatic heterocycles. The van der Waals surface area contributed by atoms with Gasteiger partial charge in [-0.05, 0) is 25.5 Å². The maximum Gasteiger partial charge on any atom is 0.329 e. The molecule has 0 saturated heterocycles. The van der Waals surface area contributed by atoms with Crippen LogP contribution in [0.4, 0.5) is 5.69 Å². The van der Waals surface area contributed by atoms with Crippen LogP contribution in [0.3, 0.4) is 0 Å². The summed E-state index contributed by atoms with van der Waals surface area (Å²) in [7, 11) is 1.21. The van der Waals surface area contributed by atoms with Crippen LogP contribution in [0, 0.1) is 17.0 Å². The van der Waals surface area contributed by atoms with E-state index in [-0.39, 0.29) is 18.0 Å². The van der Waals surface area contributed by atoms with Crippen LogP contribution in [0.25, 0.3) is 0 Å². The summed E-state index contributed by atoms with van der Waals surface area (Å²) in [5.74, 6) is -0.576. The average Bonchev–Trinajstić information content (AvgIpc) is 2.35. The number of benzene rings is 1. The summed E-state index contributed by atoms with van der Waals surface area (Å²) >= 11 is 0. The van der Waals surface area contributed by atoms with Crippen molar-refractivity contribution in [1.82, 2.24) is 0 Å². The molecule has 2 N–H and O–H groups in total. The van der Waals surface area contributed by atoms with Crippen LogP contribution >= 0.6 is 0 Å². The molecule has 1 unspecified atom stereocenters.